The minimum absolute atomic E-state index is 0.147. The Labute approximate surface area is 94.3 Å². The normalized spacial score (nSPS) is 12.2. The van der Waals surface area contributed by atoms with Crippen LogP contribution in [0.4, 0.5) is 4.39 Å². The molecule has 4 heteroatoms. The highest BCUT2D eigenvalue weighted by molar-refractivity contribution is 5.78. The Balaban J connectivity index is 2.45. The van der Waals surface area contributed by atoms with Crippen LogP contribution in [0.25, 0.3) is 0 Å². The molecule has 1 aromatic rings. The third-order valence-electron chi connectivity index (χ3n) is 2.46. The molecule has 16 heavy (non-hydrogen) atoms. The van der Waals surface area contributed by atoms with E-state index in [1.807, 2.05) is 6.92 Å². The van der Waals surface area contributed by atoms with Gasteiger partial charge < -0.3 is 10.4 Å². The molecule has 0 aliphatic heterocycles. The van der Waals surface area contributed by atoms with Crippen molar-refractivity contribution in [1.29, 1.82) is 0 Å². The summed E-state index contributed by atoms with van der Waals surface area (Å²) >= 11 is 0. The first-order valence-corrected chi connectivity index (χ1v) is 5.30. The van der Waals surface area contributed by atoms with E-state index in [9.17, 15) is 9.18 Å². The molecule has 0 aromatic heterocycles. The van der Waals surface area contributed by atoms with E-state index in [-0.39, 0.29) is 24.2 Å². The van der Waals surface area contributed by atoms with E-state index in [2.05, 4.69) is 5.32 Å². The van der Waals surface area contributed by atoms with E-state index in [0.717, 1.165) is 5.56 Å². The highest BCUT2D eigenvalue weighted by atomic mass is 19.1. The van der Waals surface area contributed by atoms with Crippen LogP contribution in [-0.4, -0.2) is 17.6 Å². The Kier molecular flexibility index (Phi) is 4.92. The molecule has 0 heterocycles. The van der Waals surface area contributed by atoms with Crippen LogP contribution < -0.4 is 5.32 Å². The molecule has 1 rings (SSSR count). The van der Waals surface area contributed by atoms with Crippen LogP contribution in [0.5, 0.6) is 0 Å². The fourth-order valence-corrected chi connectivity index (χ4v) is 1.33. The predicted octanol–water partition coefficient (Wildman–Crippen LogP) is 1.46. The Bertz CT molecular complexity index is 333. The summed E-state index contributed by atoms with van der Waals surface area (Å²) in [6.07, 6.45) is 0.603. The second-order valence-corrected chi connectivity index (χ2v) is 3.63. The average Bonchev–Trinajstić information content (AvgIpc) is 2.30. The number of carbonyl (C=O) groups excluding carboxylic acids is 1. The van der Waals surface area contributed by atoms with Gasteiger partial charge in [-0.15, -0.1) is 0 Å². The van der Waals surface area contributed by atoms with Crippen molar-refractivity contribution in [2.24, 2.45) is 5.92 Å². The number of benzene rings is 1. The Morgan fingerprint density at radius 2 is 2.06 bits per heavy atom. The summed E-state index contributed by atoms with van der Waals surface area (Å²) in [7, 11) is 0. The van der Waals surface area contributed by atoms with Crippen LogP contribution in [0, 0.1) is 11.7 Å². The number of amides is 1. The molecule has 1 amide bonds. The first kappa shape index (κ1) is 12.6. The number of rotatable bonds is 5. The lowest BCUT2D eigenvalue weighted by atomic mass is 10.1. The van der Waals surface area contributed by atoms with Gasteiger partial charge in [-0.2, -0.15) is 0 Å². The maximum atomic E-state index is 12.6. The highest BCUT2D eigenvalue weighted by Crippen LogP contribution is 2.04. The van der Waals surface area contributed by atoms with E-state index in [1.165, 1.54) is 12.1 Å². The number of halogens is 1. The zero-order valence-electron chi connectivity index (χ0n) is 9.24. The smallest absolute Gasteiger partial charge is 0.225 e. The van der Waals surface area contributed by atoms with Crippen molar-refractivity contribution < 1.29 is 14.3 Å². The summed E-state index contributed by atoms with van der Waals surface area (Å²) in [5, 5.41) is 11.6. The zero-order valence-corrected chi connectivity index (χ0v) is 9.24. The molecule has 0 spiro atoms. The molecule has 1 atom stereocenters. The van der Waals surface area contributed by atoms with Crippen molar-refractivity contribution in [2.75, 3.05) is 6.61 Å². The summed E-state index contributed by atoms with van der Waals surface area (Å²) in [5.41, 5.74) is 0.836. The monoisotopic (exact) mass is 225 g/mol. The van der Waals surface area contributed by atoms with Crippen LogP contribution in [0.2, 0.25) is 0 Å². The highest BCUT2D eigenvalue weighted by Gasteiger charge is 2.14. The Morgan fingerprint density at radius 3 is 2.56 bits per heavy atom. The maximum Gasteiger partial charge on any atom is 0.225 e. The summed E-state index contributed by atoms with van der Waals surface area (Å²) in [6, 6.07) is 5.95. The summed E-state index contributed by atoms with van der Waals surface area (Å²) < 4.78 is 12.6. The molecule has 0 fully saturated rings. The van der Waals surface area contributed by atoms with Crippen molar-refractivity contribution in [2.45, 2.75) is 19.9 Å². The van der Waals surface area contributed by atoms with Gasteiger partial charge in [0, 0.05) is 6.54 Å². The van der Waals surface area contributed by atoms with Crippen molar-refractivity contribution in [3.05, 3.63) is 35.6 Å². The van der Waals surface area contributed by atoms with E-state index in [1.54, 1.807) is 12.1 Å². The summed E-state index contributed by atoms with van der Waals surface area (Å²) in [5.74, 6) is -0.827. The second kappa shape index (κ2) is 6.23. The number of hydrogen-bond acceptors (Lipinski definition) is 2. The minimum atomic E-state index is -0.361. The molecule has 1 unspecified atom stereocenters. The van der Waals surface area contributed by atoms with Gasteiger partial charge in [0.05, 0.1) is 12.5 Å². The summed E-state index contributed by atoms with van der Waals surface area (Å²) in [4.78, 5) is 11.5. The SMILES string of the molecule is CCC(CO)C(=O)NCc1ccc(F)cc1. The van der Waals surface area contributed by atoms with Gasteiger partial charge >= 0.3 is 0 Å². The lowest BCUT2D eigenvalue weighted by Gasteiger charge is -2.11. The van der Waals surface area contributed by atoms with Gasteiger partial charge in [-0.3, -0.25) is 4.79 Å². The van der Waals surface area contributed by atoms with E-state index < -0.39 is 0 Å². The summed E-state index contributed by atoms with van der Waals surface area (Å²) in [6.45, 7) is 2.06. The Hall–Kier alpha value is -1.42. The van der Waals surface area contributed by atoms with Crippen LogP contribution in [0.15, 0.2) is 24.3 Å². The molecular weight excluding hydrogens is 209 g/mol. The molecule has 88 valence electrons. The molecule has 0 saturated heterocycles. The van der Waals surface area contributed by atoms with Crippen molar-refractivity contribution >= 4 is 5.91 Å². The van der Waals surface area contributed by atoms with Crippen molar-refractivity contribution in [3.8, 4) is 0 Å². The van der Waals surface area contributed by atoms with E-state index >= 15 is 0 Å². The fraction of sp³-hybridized carbons (Fsp3) is 0.417. The number of hydrogen-bond donors (Lipinski definition) is 2. The molecule has 0 saturated carbocycles. The molecular formula is C12H16FNO2. The number of aliphatic hydroxyl groups excluding tert-OH is 1. The van der Waals surface area contributed by atoms with Crippen LogP contribution >= 0.6 is 0 Å². The van der Waals surface area contributed by atoms with Gasteiger partial charge in [0.2, 0.25) is 5.91 Å². The first-order valence-electron chi connectivity index (χ1n) is 5.30. The van der Waals surface area contributed by atoms with E-state index in [4.69, 9.17) is 5.11 Å². The van der Waals surface area contributed by atoms with Crippen LogP contribution in [-0.2, 0) is 11.3 Å². The van der Waals surface area contributed by atoms with Gasteiger partial charge in [0.15, 0.2) is 0 Å². The third-order valence-corrected chi connectivity index (χ3v) is 2.46. The van der Waals surface area contributed by atoms with Gasteiger partial charge in [-0.05, 0) is 24.1 Å². The van der Waals surface area contributed by atoms with Crippen molar-refractivity contribution in [1.82, 2.24) is 5.32 Å². The number of carbonyl (C=O) groups is 1. The van der Waals surface area contributed by atoms with Gasteiger partial charge in [0.25, 0.3) is 0 Å². The molecule has 0 aliphatic rings. The van der Waals surface area contributed by atoms with E-state index in [0.29, 0.717) is 13.0 Å². The lowest BCUT2D eigenvalue weighted by Crippen LogP contribution is -2.31. The molecule has 3 nitrogen and oxygen atoms in total. The van der Waals surface area contributed by atoms with Crippen molar-refractivity contribution in [3.63, 3.8) is 0 Å². The first-order chi connectivity index (χ1) is 7.67. The lowest BCUT2D eigenvalue weighted by molar-refractivity contribution is -0.126. The zero-order chi connectivity index (χ0) is 12.0. The van der Waals surface area contributed by atoms with Crippen LogP contribution in [0.3, 0.4) is 0 Å². The largest absolute Gasteiger partial charge is 0.396 e. The van der Waals surface area contributed by atoms with Crippen LogP contribution in [0.1, 0.15) is 18.9 Å². The molecule has 0 aliphatic carbocycles. The standard InChI is InChI=1S/C12H16FNO2/c1-2-10(8-15)12(16)14-7-9-3-5-11(13)6-4-9/h3-6,10,15H,2,7-8H2,1H3,(H,14,16). The maximum absolute atomic E-state index is 12.6. The molecule has 0 radical (unpaired) electrons. The van der Waals surface area contributed by atoms with Gasteiger partial charge in [0.1, 0.15) is 5.82 Å². The molecule has 1 aromatic carbocycles. The minimum Gasteiger partial charge on any atom is -0.396 e. The quantitative estimate of drug-likeness (QED) is 0.797. The second-order valence-electron chi connectivity index (χ2n) is 3.63. The predicted molar refractivity (Wildman–Crippen MR) is 59.1 cm³/mol. The fourth-order valence-electron chi connectivity index (χ4n) is 1.33. The topological polar surface area (TPSA) is 49.3 Å². The number of nitrogens with one attached hydrogen (secondary N) is 1. The molecule has 0 bridgehead atoms. The number of aliphatic hydroxyl groups is 1. The van der Waals surface area contributed by atoms with Gasteiger partial charge in [-0.1, -0.05) is 19.1 Å². The Morgan fingerprint density at radius 1 is 1.44 bits per heavy atom. The average molecular weight is 225 g/mol. The molecule has 2 N–H and O–H groups in total. The van der Waals surface area contributed by atoms with Gasteiger partial charge in [-0.25, -0.2) is 4.39 Å². The third kappa shape index (κ3) is 3.62.